The standard InChI is InChI=1S/C32H58O12S/c1-2-3-4-5-6-10-13-35-14-15-36-16-17-37-18-19-38-20-21-39-22-23-40-24-25-41-26-27-42-28-29-43-30-31-44-45(33,34)32-11-8-7-9-12-32/h7-9,11-12H,2-6,10,13-31H2,1H3. The van der Waals surface area contributed by atoms with Gasteiger partial charge in [-0.3, -0.25) is 4.18 Å². The van der Waals surface area contributed by atoms with E-state index in [1.54, 1.807) is 18.2 Å². The molecule has 0 unspecified atom stereocenters. The lowest BCUT2D eigenvalue weighted by molar-refractivity contribution is -0.0254. The Hall–Kier alpha value is -1.23. The predicted octanol–water partition coefficient (Wildman–Crippen LogP) is 3.90. The zero-order valence-electron chi connectivity index (χ0n) is 27.4. The number of rotatable bonds is 36. The van der Waals surface area contributed by atoms with Gasteiger partial charge < -0.3 is 42.6 Å². The van der Waals surface area contributed by atoms with E-state index in [1.165, 1.54) is 44.2 Å². The number of ether oxygens (including phenoxy) is 9. The van der Waals surface area contributed by atoms with Crippen LogP contribution in [0.1, 0.15) is 45.4 Å². The second kappa shape index (κ2) is 32.7. The summed E-state index contributed by atoms with van der Waals surface area (Å²) < 4.78 is 78.0. The highest BCUT2D eigenvalue weighted by Crippen LogP contribution is 2.10. The normalized spacial score (nSPS) is 11.8. The summed E-state index contributed by atoms with van der Waals surface area (Å²) in [6.45, 7) is 11.1. The molecule has 0 radical (unpaired) electrons. The lowest BCUT2D eigenvalue weighted by Gasteiger charge is -2.09. The Kier molecular flexibility index (Phi) is 30.4. The number of hydrogen-bond acceptors (Lipinski definition) is 12. The summed E-state index contributed by atoms with van der Waals surface area (Å²) >= 11 is 0. The van der Waals surface area contributed by atoms with Crippen LogP contribution in [0.2, 0.25) is 0 Å². The molecular formula is C32H58O12S. The van der Waals surface area contributed by atoms with Crippen LogP contribution in [0.5, 0.6) is 0 Å². The highest BCUT2D eigenvalue weighted by Gasteiger charge is 2.13. The highest BCUT2D eigenvalue weighted by molar-refractivity contribution is 7.86. The second-order valence-corrected chi connectivity index (χ2v) is 11.5. The van der Waals surface area contributed by atoms with Crippen LogP contribution in [-0.2, 0) is 56.9 Å². The first kappa shape index (κ1) is 41.8. The number of unbranched alkanes of at least 4 members (excludes halogenated alkanes) is 5. The van der Waals surface area contributed by atoms with E-state index in [4.69, 9.17) is 46.8 Å². The van der Waals surface area contributed by atoms with Crippen LogP contribution in [0.3, 0.4) is 0 Å². The Labute approximate surface area is 271 Å². The van der Waals surface area contributed by atoms with Crippen molar-refractivity contribution in [3.05, 3.63) is 30.3 Å². The summed E-state index contributed by atoms with van der Waals surface area (Å²) in [4.78, 5) is 0.124. The van der Waals surface area contributed by atoms with Crippen molar-refractivity contribution in [1.29, 1.82) is 0 Å². The van der Waals surface area contributed by atoms with Crippen molar-refractivity contribution < 1.29 is 55.2 Å². The molecule has 264 valence electrons. The largest absolute Gasteiger partial charge is 0.379 e. The van der Waals surface area contributed by atoms with Crippen LogP contribution in [-0.4, -0.2) is 134 Å². The van der Waals surface area contributed by atoms with Gasteiger partial charge in [0, 0.05) is 6.61 Å². The van der Waals surface area contributed by atoms with Crippen molar-refractivity contribution in [2.75, 3.05) is 126 Å². The fourth-order valence-electron chi connectivity index (χ4n) is 3.70. The van der Waals surface area contributed by atoms with Crippen LogP contribution in [0, 0.1) is 0 Å². The van der Waals surface area contributed by atoms with Crippen LogP contribution < -0.4 is 0 Å². The van der Waals surface area contributed by atoms with E-state index in [2.05, 4.69) is 6.92 Å². The molecule has 0 aliphatic heterocycles. The SMILES string of the molecule is CCCCCCCCOCCOCCOCCOCCOCCOCCOCCOCCOCCOS(=O)(=O)c1ccccc1. The van der Waals surface area contributed by atoms with Gasteiger partial charge in [0.05, 0.1) is 124 Å². The first-order chi connectivity index (χ1) is 22.2. The molecule has 12 nitrogen and oxygen atoms in total. The number of benzene rings is 1. The van der Waals surface area contributed by atoms with Gasteiger partial charge in [0.15, 0.2) is 0 Å². The average Bonchev–Trinajstić information content (AvgIpc) is 3.05. The van der Waals surface area contributed by atoms with Crippen molar-refractivity contribution in [1.82, 2.24) is 0 Å². The van der Waals surface area contributed by atoms with Gasteiger partial charge in [-0.05, 0) is 18.6 Å². The molecule has 0 saturated carbocycles. The third-order valence-electron chi connectivity index (χ3n) is 6.12. The van der Waals surface area contributed by atoms with Gasteiger partial charge in [-0.1, -0.05) is 57.2 Å². The molecular weight excluding hydrogens is 608 g/mol. The summed E-state index contributed by atoms with van der Waals surface area (Å²) in [7, 11) is -3.75. The molecule has 13 heteroatoms. The molecule has 0 aliphatic carbocycles. The summed E-state index contributed by atoms with van der Waals surface area (Å²) in [5.74, 6) is 0. The van der Waals surface area contributed by atoms with E-state index < -0.39 is 10.1 Å². The maximum atomic E-state index is 12.0. The molecule has 0 saturated heterocycles. The summed E-state index contributed by atoms with van der Waals surface area (Å²) in [6.07, 6.45) is 7.64. The maximum absolute atomic E-state index is 12.0. The van der Waals surface area contributed by atoms with Gasteiger partial charge in [-0.2, -0.15) is 8.42 Å². The van der Waals surface area contributed by atoms with Crippen molar-refractivity contribution in [3.63, 3.8) is 0 Å². The topological polar surface area (TPSA) is 126 Å². The first-order valence-corrected chi connectivity index (χ1v) is 17.7. The van der Waals surface area contributed by atoms with Gasteiger partial charge >= 0.3 is 0 Å². The molecule has 0 atom stereocenters. The fraction of sp³-hybridized carbons (Fsp3) is 0.812. The van der Waals surface area contributed by atoms with E-state index in [-0.39, 0.29) is 18.1 Å². The van der Waals surface area contributed by atoms with Crippen LogP contribution in [0.4, 0.5) is 0 Å². The van der Waals surface area contributed by atoms with E-state index in [0.29, 0.717) is 106 Å². The Morgan fingerprint density at radius 3 is 1.09 bits per heavy atom. The minimum Gasteiger partial charge on any atom is -0.379 e. The number of hydrogen-bond donors (Lipinski definition) is 0. The third kappa shape index (κ3) is 28.7. The molecule has 1 rings (SSSR count). The van der Waals surface area contributed by atoms with E-state index >= 15 is 0 Å². The van der Waals surface area contributed by atoms with Crippen molar-refractivity contribution in [2.24, 2.45) is 0 Å². The molecule has 0 fully saturated rings. The molecule has 0 heterocycles. The van der Waals surface area contributed by atoms with Crippen LogP contribution in [0.25, 0.3) is 0 Å². The Morgan fingerprint density at radius 2 is 0.711 bits per heavy atom. The summed E-state index contributed by atoms with van der Waals surface area (Å²) in [5, 5.41) is 0. The molecule has 0 amide bonds. The van der Waals surface area contributed by atoms with Gasteiger partial charge in [-0.15, -0.1) is 0 Å². The summed E-state index contributed by atoms with van der Waals surface area (Å²) in [5.41, 5.74) is 0. The van der Waals surface area contributed by atoms with E-state index in [0.717, 1.165) is 13.0 Å². The van der Waals surface area contributed by atoms with Crippen molar-refractivity contribution in [3.8, 4) is 0 Å². The van der Waals surface area contributed by atoms with Gasteiger partial charge in [-0.25, -0.2) is 0 Å². The maximum Gasteiger partial charge on any atom is 0.297 e. The lowest BCUT2D eigenvalue weighted by Crippen LogP contribution is -2.15. The van der Waals surface area contributed by atoms with Gasteiger partial charge in [0.2, 0.25) is 0 Å². The molecule has 0 bridgehead atoms. The Morgan fingerprint density at radius 1 is 0.400 bits per heavy atom. The molecule has 0 spiro atoms. The molecule has 1 aromatic carbocycles. The predicted molar refractivity (Wildman–Crippen MR) is 170 cm³/mol. The molecule has 0 aliphatic rings. The first-order valence-electron chi connectivity index (χ1n) is 16.3. The summed E-state index contributed by atoms with van der Waals surface area (Å²) in [6, 6.07) is 7.99. The van der Waals surface area contributed by atoms with Gasteiger partial charge in [0.25, 0.3) is 10.1 Å². The minimum atomic E-state index is -3.75. The monoisotopic (exact) mass is 666 g/mol. The molecule has 45 heavy (non-hydrogen) atoms. The fourth-order valence-corrected chi connectivity index (χ4v) is 4.62. The zero-order valence-corrected chi connectivity index (χ0v) is 28.2. The Balaban J connectivity index is 1.66. The smallest absolute Gasteiger partial charge is 0.297 e. The zero-order chi connectivity index (χ0) is 32.4. The van der Waals surface area contributed by atoms with Crippen molar-refractivity contribution >= 4 is 10.1 Å². The second-order valence-electron chi connectivity index (χ2n) is 9.87. The average molecular weight is 667 g/mol. The van der Waals surface area contributed by atoms with E-state index in [9.17, 15) is 8.42 Å². The third-order valence-corrected chi connectivity index (χ3v) is 7.44. The highest BCUT2D eigenvalue weighted by atomic mass is 32.2. The van der Waals surface area contributed by atoms with Gasteiger partial charge in [0.1, 0.15) is 0 Å². The minimum absolute atomic E-state index is 0.0537. The quantitative estimate of drug-likeness (QED) is 0.0762. The van der Waals surface area contributed by atoms with Crippen LogP contribution in [0.15, 0.2) is 35.2 Å². The molecule has 1 aromatic rings. The molecule has 0 N–H and O–H groups in total. The van der Waals surface area contributed by atoms with E-state index in [1.807, 2.05) is 0 Å². The van der Waals surface area contributed by atoms with Crippen LogP contribution >= 0.6 is 0 Å². The van der Waals surface area contributed by atoms with Crippen molar-refractivity contribution in [2.45, 2.75) is 50.3 Å². The Bertz CT molecular complexity index is 829. The lowest BCUT2D eigenvalue weighted by atomic mass is 10.1. The molecule has 0 aromatic heterocycles.